The molecule has 0 aliphatic rings. The fraction of sp³-hybridized carbons (Fsp3) is 0.125. The maximum Gasteiger partial charge on any atom is 0.253 e. The number of carbonyl (C=O) groups is 2. The molecule has 0 saturated carbocycles. The molecule has 0 heterocycles. The average molecular weight is 337 g/mol. The summed E-state index contributed by atoms with van der Waals surface area (Å²) in [6.45, 7) is 1.60. The van der Waals surface area contributed by atoms with Crippen LogP contribution in [-0.2, 0) is 4.79 Å². The number of benzene rings is 2. The molecule has 4 nitrogen and oxygen atoms in total. The molecular formula is C16H14Cl2N2O2. The quantitative estimate of drug-likeness (QED) is 0.893. The first-order valence-corrected chi connectivity index (χ1v) is 7.35. The van der Waals surface area contributed by atoms with Crippen LogP contribution in [0.3, 0.4) is 0 Å². The van der Waals surface area contributed by atoms with Crippen molar-refractivity contribution in [1.29, 1.82) is 0 Å². The van der Waals surface area contributed by atoms with Crippen LogP contribution in [0.25, 0.3) is 0 Å². The summed E-state index contributed by atoms with van der Waals surface area (Å²) in [5.41, 5.74) is 0.934. The third-order valence-corrected chi connectivity index (χ3v) is 3.55. The fourth-order valence-electron chi connectivity index (χ4n) is 1.77. The molecule has 0 aromatic heterocycles. The molecule has 0 radical (unpaired) electrons. The number of halogens is 2. The molecule has 2 rings (SSSR count). The van der Waals surface area contributed by atoms with Crippen LogP contribution in [0.5, 0.6) is 0 Å². The third-order valence-electron chi connectivity index (χ3n) is 2.97. The van der Waals surface area contributed by atoms with Crippen molar-refractivity contribution in [3.63, 3.8) is 0 Å². The highest BCUT2D eigenvalue weighted by atomic mass is 35.5. The minimum absolute atomic E-state index is 0.329. The van der Waals surface area contributed by atoms with Crippen LogP contribution in [0.2, 0.25) is 10.0 Å². The largest absolute Gasteiger partial charge is 0.340 e. The number of rotatable bonds is 4. The standard InChI is InChI=1S/C16H14Cl2N2O2/c1-10(15(21)20-12-8-6-11(17)7-9-12)19-16(22)13-4-2-3-5-14(13)18/h2-10H,1H3,(H,19,22)(H,20,21). The van der Waals surface area contributed by atoms with Gasteiger partial charge in [-0.2, -0.15) is 0 Å². The second kappa shape index (κ2) is 7.29. The van der Waals surface area contributed by atoms with E-state index in [-0.39, 0.29) is 5.91 Å². The predicted molar refractivity (Wildman–Crippen MR) is 88.5 cm³/mol. The third kappa shape index (κ3) is 4.23. The van der Waals surface area contributed by atoms with Gasteiger partial charge in [0.1, 0.15) is 6.04 Å². The number of nitrogens with one attached hydrogen (secondary N) is 2. The minimum Gasteiger partial charge on any atom is -0.340 e. The number of anilines is 1. The molecule has 2 aromatic carbocycles. The van der Waals surface area contributed by atoms with Gasteiger partial charge in [0, 0.05) is 10.7 Å². The van der Waals surface area contributed by atoms with Crippen LogP contribution in [0.1, 0.15) is 17.3 Å². The summed E-state index contributed by atoms with van der Waals surface area (Å²) in [6.07, 6.45) is 0. The van der Waals surface area contributed by atoms with Crippen LogP contribution in [0, 0.1) is 0 Å². The Hall–Kier alpha value is -2.04. The van der Waals surface area contributed by atoms with Gasteiger partial charge < -0.3 is 10.6 Å². The smallest absolute Gasteiger partial charge is 0.253 e. The van der Waals surface area contributed by atoms with Crippen molar-refractivity contribution in [1.82, 2.24) is 5.32 Å². The van der Waals surface area contributed by atoms with Crippen molar-refractivity contribution in [2.45, 2.75) is 13.0 Å². The SMILES string of the molecule is CC(NC(=O)c1ccccc1Cl)C(=O)Nc1ccc(Cl)cc1. The predicted octanol–water partition coefficient (Wildman–Crippen LogP) is 3.75. The Bertz CT molecular complexity index is 687. The van der Waals surface area contributed by atoms with Gasteiger partial charge in [0.2, 0.25) is 5.91 Å². The number of amides is 2. The Morgan fingerprint density at radius 3 is 2.27 bits per heavy atom. The lowest BCUT2D eigenvalue weighted by molar-refractivity contribution is -0.117. The highest BCUT2D eigenvalue weighted by Gasteiger charge is 2.18. The number of hydrogen-bond acceptors (Lipinski definition) is 2. The zero-order chi connectivity index (χ0) is 16.1. The molecular weight excluding hydrogens is 323 g/mol. The van der Waals surface area contributed by atoms with Gasteiger partial charge in [-0.05, 0) is 43.3 Å². The summed E-state index contributed by atoms with van der Waals surface area (Å²) in [4.78, 5) is 24.1. The molecule has 0 fully saturated rings. The highest BCUT2D eigenvalue weighted by Crippen LogP contribution is 2.15. The van der Waals surface area contributed by atoms with E-state index in [1.807, 2.05) is 0 Å². The lowest BCUT2D eigenvalue weighted by Gasteiger charge is -2.14. The van der Waals surface area contributed by atoms with Crippen molar-refractivity contribution in [2.75, 3.05) is 5.32 Å². The van der Waals surface area contributed by atoms with Gasteiger partial charge in [0.25, 0.3) is 5.91 Å². The van der Waals surface area contributed by atoms with Gasteiger partial charge in [-0.15, -0.1) is 0 Å². The van der Waals surface area contributed by atoms with E-state index in [0.717, 1.165) is 0 Å². The Morgan fingerprint density at radius 2 is 1.64 bits per heavy atom. The fourth-order valence-corrected chi connectivity index (χ4v) is 2.12. The Labute approximate surface area is 138 Å². The van der Waals surface area contributed by atoms with E-state index in [0.29, 0.717) is 21.3 Å². The van der Waals surface area contributed by atoms with Crippen molar-refractivity contribution in [3.05, 3.63) is 64.1 Å². The molecule has 114 valence electrons. The first-order chi connectivity index (χ1) is 10.5. The van der Waals surface area contributed by atoms with E-state index in [9.17, 15) is 9.59 Å². The second-order valence-corrected chi connectivity index (χ2v) is 5.51. The molecule has 22 heavy (non-hydrogen) atoms. The van der Waals surface area contributed by atoms with Crippen LogP contribution in [0.4, 0.5) is 5.69 Å². The molecule has 0 aliphatic heterocycles. The molecule has 1 unspecified atom stereocenters. The highest BCUT2D eigenvalue weighted by molar-refractivity contribution is 6.33. The van der Waals surface area contributed by atoms with Crippen LogP contribution >= 0.6 is 23.2 Å². The zero-order valence-electron chi connectivity index (χ0n) is 11.8. The minimum atomic E-state index is -0.709. The summed E-state index contributed by atoms with van der Waals surface area (Å²) in [7, 11) is 0. The van der Waals surface area contributed by atoms with Crippen molar-refractivity contribution in [3.8, 4) is 0 Å². The first kappa shape index (κ1) is 16.3. The molecule has 0 saturated heterocycles. The summed E-state index contributed by atoms with van der Waals surface area (Å²) in [5, 5.41) is 6.22. The Kier molecular flexibility index (Phi) is 5.41. The Balaban J connectivity index is 1.98. The van der Waals surface area contributed by atoms with Gasteiger partial charge in [0.05, 0.1) is 10.6 Å². The summed E-state index contributed by atoms with van der Waals surface area (Å²) >= 11 is 11.7. The molecule has 2 aromatic rings. The van der Waals surface area contributed by atoms with Crippen LogP contribution in [-0.4, -0.2) is 17.9 Å². The maximum atomic E-state index is 12.1. The van der Waals surface area contributed by atoms with E-state index in [1.54, 1.807) is 55.5 Å². The lowest BCUT2D eigenvalue weighted by atomic mass is 10.2. The van der Waals surface area contributed by atoms with Gasteiger partial charge in [0.15, 0.2) is 0 Å². The van der Waals surface area contributed by atoms with Crippen molar-refractivity contribution >= 4 is 40.7 Å². The molecule has 6 heteroatoms. The lowest BCUT2D eigenvalue weighted by Crippen LogP contribution is -2.41. The Morgan fingerprint density at radius 1 is 1.00 bits per heavy atom. The zero-order valence-corrected chi connectivity index (χ0v) is 13.3. The number of hydrogen-bond donors (Lipinski definition) is 2. The summed E-state index contributed by atoms with van der Waals surface area (Å²) in [5.74, 6) is -0.730. The molecule has 1 atom stereocenters. The molecule has 0 bridgehead atoms. The van der Waals surface area contributed by atoms with E-state index in [2.05, 4.69) is 10.6 Å². The van der Waals surface area contributed by atoms with Crippen LogP contribution < -0.4 is 10.6 Å². The van der Waals surface area contributed by atoms with Gasteiger partial charge in [-0.25, -0.2) is 0 Å². The van der Waals surface area contributed by atoms with E-state index < -0.39 is 11.9 Å². The maximum absolute atomic E-state index is 12.1. The van der Waals surface area contributed by atoms with Gasteiger partial charge in [-0.3, -0.25) is 9.59 Å². The number of carbonyl (C=O) groups excluding carboxylic acids is 2. The van der Waals surface area contributed by atoms with Crippen molar-refractivity contribution in [2.24, 2.45) is 0 Å². The van der Waals surface area contributed by atoms with E-state index in [4.69, 9.17) is 23.2 Å². The molecule has 0 aliphatic carbocycles. The molecule has 2 amide bonds. The molecule has 0 spiro atoms. The summed E-state index contributed by atoms with van der Waals surface area (Å²) < 4.78 is 0. The second-order valence-electron chi connectivity index (χ2n) is 4.67. The van der Waals surface area contributed by atoms with Crippen molar-refractivity contribution < 1.29 is 9.59 Å². The average Bonchev–Trinajstić information content (AvgIpc) is 2.49. The molecule has 2 N–H and O–H groups in total. The van der Waals surface area contributed by atoms with Crippen LogP contribution in [0.15, 0.2) is 48.5 Å². The monoisotopic (exact) mass is 336 g/mol. The van der Waals surface area contributed by atoms with Gasteiger partial charge in [-0.1, -0.05) is 35.3 Å². The normalized spacial score (nSPS) is 11.6. The summed E-state index contributed by atoms with van der Waals surface area (Å²) in [6, 6.07) is 12.7. The first-order valence-electron chi connectivity index (χ1n) is 6.59. The van der Waals surface area contributed by atoms with Gasteiger partial charge >= 0.3 is 0 Å². The van der Waals surface area contributed by atoms with E-state index in [1.165, 1.54) is 0 Å². The topological polar surface area (TPSA) is 58.2 Å². The van der Waals surface area contributed by atoms with E-state index >= 15 is 0 Å².